The molecule has 0 aliphatic rings. The quantitative estimate of drug-likeness (QED) is 0.510. The van der Waals surface area contributed by atoms with Gasteiger partial charge in [-0.2, -0.15) is 5.10 Å². The second kappa shape index (κ2) is 10.1. The summed E-state index contributed by atoms with van der Waals surface area (Å²) in [6, 6.07) is 19.4. The van der Waals surface area contributed by atoms with Gasteiger partial charge in [-0.25, -0.2) is 4.68 Å². The lowest BCUT2D eigenvalue weighted by atomic mass is 10.1. The van der Waals surface area contributed by atoms with Gasteiger partial charge in [0.05, 0.1) is 31.3 Å². The zero-order valence-electron chi connectivity index (χ0n) is 17.0. The van der Waals surface area contributed by atoms with Crippen LogP contribution in [0, 0.1) is 6.92 Å². The van der Waals surface area contributed by atoms with Crippen LogP contribution in [0.2, 0.25) is 5.15 Å². The van der Waals surface area contributed by atoms with E-state index in [1.165, 1.54) is 7.11 Å². The monoisotopic (exact) mass is 425 g/mol. The van der Waals surface area contributed by atoms with Crippen molar-refractivity contribution in [2.24, 2.45) is 0 Å². The van der Waals surface area contributed by atoms with E-state index in [0.717, 1.165) is 11.1 Å². The molecule has 0 aliphatic carbocycles. The van der Waals surface area contributed by atoms with Crippen LogP contribution in [-0.2, 0) is 22.6 Å². The van der Waals surface area contributed by atoms with Crippen LogP contribution in [0.1, 0.15) is 33.6 Å². The number of methoxy groups -OCH3 is 1. The van der Waals surface area contributed by atoms with Crippen LogP contribution in [0.25, 0.3) is 0 Å². The topological polar surface area (TPSA) is 64.4 Å². The molecule has 0 saturated heterocycles. The third-order valence-electron chi connectivity index (χ3n) is 4.77. The maximum Gasteiger partial charge on any atom is 0.307 e. The third-order valence-corrected chi connectivity index (χ3v) is 5.16. The molecule has 0 spiro atoms. The molecule has 3 rings (SSSR count). The van der Waals surface area contributed by atoms with Crippen LogP contribution in [0.5, 0.6) is 0 Å². The second-order valence-corrected chi connectivity index (χ2v) is 7.29. The van der Waals surface area contributed by atoms with Gasteiger partial charge in [0.2, 0.25) is 0 Å². The van der Waals surface area contributed by atoms with Crippen molar-refractivity contribution in [3.63, 3.8) is 0 Å². The van der Waals surface area contributed by atoms with Crippen molar-refractivity contribution in [3.8, 4) is 0 Å². The highest BCUT2D eigenvalue weighted by molar-refractivity contribution is 6.33. The smallest absolute Gasteiger partial charge is 0.307 e. The SMILES string of the molecule is COC(=O)CCN(Cc1ccccc1)C(=O)c1c(C)nn(Cc2ccccc2)c1Cl. The number of ether oxygens (including phenoxy) is 1. The summed E-state index contributed by atoms with van der Waals surface area (Å²) in [5, 5.41) is 4.76. The van der Waals surface area contributed by atoms with Gasteiger partial charge in [-0.15, -0.1) is 0 Å². The van der Waals surface area contributed by atoms with Crippen LogP contribution < -0.4 is 0 Å². The zero-order chi connectivity index (χ0) is 21.5. The van der Waals surface area contributed by atoms with Crippen molar-refractivity contribution in [2.75, 3.05) is 13.7 Å². The first-order valence-electron chi connectivity index (χ1n) is 9.66. The van der Waals surface area contributed by atoms with Crippen molar-refractivity contribution in [2.45, 2.75) is 26.4 Å². The number of carbonyl (C=O) groups excluding carboxylic acids is 2. The molecule has 7 heteroatoms. The maximum atomic E-state index is 13.4. The standard InChI is InChI=1S/C23H24ClN3O3/c1-17-21(22(24)27(25-17)16-19-11-7-4-8-12-19)23(29)26(14-13-20(28)30-2)15-18-9-5-3-6-10-18/h3-12H,13-16H2,1-2H3. The number of carbonyl (C=O) groups is 2. The highest BCUT2D eigenvalue weighted by Crippen LogP contribution is 2.24. The van der Waals surface area contributed by atoms with Gasteiger partial charge >= 0.3 is 5.97 Å². The second-order valence-electron chi connectivity index (χ2n) is 6.93. The maximum absolute atomic E-state index is 13.4. The Balaban J connectivity index is 1.86. The van der Waals surface area contributed by atoms with E-state index < -0.39 is 0 Å². The summed E-state index contributed by atoms with van der Waals surface area (Å²) in [4.78, 5) is 26.7. The third kappa shape index (κ3) is 5.27. The van der Waals surface area contributed by atoms with Crippen LogP contribution >= 0.6 is 11.6 Å². The van der Waals surface area contributed by atoms with Crippen LogP contribution in [0.4, 0.5) is 0 Å². The molecule has 1 amide bonds. The van der Waals surface area contributed by atoms with Gasteiger partial charge in [0.25, 0.3) is 5.91 Å². The molecule has 156 valence electrons. The number of esters is 1. The average molecular weight is 426 g/mol. The Morgan fingerprint density at radius 3 is 2.23 bits per heavy atom. The molecule has 0 aliphatic heterocycles. The number of benzene rings is 2. The van der Waals surface area contributed by atoms with Crippen molar-refractivity contribution in [3.05, 3.63) is 88.2 Å². The van der Waals surface area contributed by atoms with E-state index in [1.807, 2.05) is 60.7 Å². The van der Waals surface area contributed by atoms with Crippen molar-refractivity contribution >= 4 is 23.5 Å². The van der Waals surface area contributed by atoms with E-state index in [4.69, 9.17) is 16.3 Å². The highest BCUT2D eigenvalue weighted by Gasteiger charge is 2.26. The fourth-order valence-corrected chi connectivity index (χ4v) is 3.52. The molecule has 2 aromatic carbocycles. The summed E-state index contributed by atoms with van der Waals surface area (Å²) < 4.78 is 6.36. The summed E-state index contributed by atoms with van der Waals surface area (Å²) >= 11 is 6.57. The summed E-state index contributed by atoms with van der Waals surface area (Å²) in [5.41, 5.74) is 2.90. The van der Waals surface area contributed by atoms with E-state index in [0.29, 0.717) is 24.3 Å². The number of hydrogen-bond donors (Lipinski definition) is 0. The van der Waals surface area contributed by atoms with Crippen molar-refractivity contribution < 1.29 is 14.3 Å². The average Bonchev–Trinajstić information content (AvgIpc) is 3.04. The Morgan fingerprint density at radius 2 is 1.63 bits per heavy atom. The molecule has 1 heterocycles. The molecule has 0 saturated carbocycles. The first-order chi connectivity index (χ1) is 14.5. The lowest BCUT2D eigenvalue weighted by Crippen LogP contribution is -2.33. The van der Waals surface area contributed by atoms with E-state index in [9.17, 15) is 9.59 Å². The number of aryl methyl sites for hydroxylation is 1. The number of aromatic nitrogens is 2. The Kier molecular flexibility index (Phi) is 7.25. The van der Waals surface area contributed by atoms with Gasteiger partial charge < -0.3 is 9.64 Å². The van der Waals surface area contributed by atoms with E-state index in [2.05, 4.69) is 5.10 Å². The summed E-state index contributed by atoms with van der Waals surface area (Å²) in [6.07, 6.45) is 0.101. The van der Waals surface area contributed by atoms with Gasteiger partial charge in [0, 0.05) is 13.1 Å². The van der Waals surface area contributed by atoms with Crippen molar-refractivity contribution in [1.29, 1.82) is 0 Å². The number of rotatable bonds is 8. The molecule has 0 fully saturated rings. The molecule has 0 bridgehead atoms. The predicted molar refractivity (Wildman–Crippen MR) is 115 cm³/mol. The normalized spacial score (nSPS) is 10.6. The van der Waals surface area contributed by atoms with E-state index in [1.54, 1.807) is 16.5 Å². The molecular formula is C23H24ClN3O3. The Morgan fingerprint density at radius 1 is 1.03 bits per heavy atom. The lowest BCUT2D eigenvalue weighted by molar-refractivity contribution is -0.140. The van der Waals surface area contributed by atoms with Crippen molar-refractivity contribution in [1.82, 2.24) is 14.7 Å². The molecule has 3 aromatic rings. The van der Waals surface area contributed by atoms with Gasteiger partial charge in [-0.05, 0) is 18.1 Å². The van der Waals surface area contributed by atoms with Crippen LogP contribution in [0.3, 0.4) is 0 Å². The Labute approximate surface area is 181 Å². The summed E-state index contributed by atoms with van der Waals surface area (Å²) in [6.45, 7) is 2.81. The first kappa shape index (κ1) is 21.6. The molecule has 1 aromatic heterocycles. The lowest BCUT2D eigenvalue weighted by Gasteiger charge is -2.22. The van der Waals surface area contributed by atoms with E-state index in [-0.39, 0.29) is 30.0 Å². The molecule has 30 heavy (non-hydrogen) atoms. The van der Waals surface area contributed by atoms with Gasteiger partial charge in [0.15, 0.2) is 0 Å². The minimum Gasteiger partial charge on any atom is -0.469 e. The molecule has 0 N–H and O–H groups in total. The first-order valence-corrected chi connectivity index (χ1v) is 10.0. The van der Waals surface area contributed by atoms with Gasteiger partial charge in [-0.3, -0.25) is 9.59 Å². The predicted octanol–water partition coefficient (Wildman–Crippen LogP) is 4.10. The zero-order valence-corrected chi connectivity index (χ0v) is 17.8. The Bertz CT molecular complexity index is 1000. The molecule has 0 radical (unpaired) electrons. The minimum absolute atomic E-state index is 0.101. The van der Waals surface area contributed by atoms with E-state index >= 15 is 0 Å². The number of nitrogens with zero attached hydrogens (tertiary/aromatic N) is 3. The highest BCUT2D eigenvalue weighted by atomic mass is 35.5. The van der Waals surface area contributed by atoms with Gasteiger partial charge in [0.1, 0.15) is 5.15 Å². The fraction of sp³-hybridized carbons (Fsp3) is 0.261. The number of halogens is 1. The molecular weight excluding hydrogens is 402 g/mol. The summed E-state index contributed by atoms with van der Waals surface area (Å²) in [5.74, 6) is -0.631. The molecule has 0 unspecified atom stereocenters. The minimum atomic E-state index is -0.372. The summed E-state index contributed by atoms with van der Waals surface area (Å²) in [7, 11) is 1.33. The number of amides is 1. The van der Waals surface area contributed by atoms with Crippen LogP contribution in [0.15, 0.2) is 60.7 Å². The fourth-order valence-electron chi connectivity index (χ4n) is 3.20. The molecule has 6 nitrogen and oxygen atoms in total. The molecule has 0 atom stereocenters. The largest absolute Gasteiger partial charge is 0.469 e. The number of hydrogen-bond acceptors (Lipinski definition) is 4. The van der Waals surface area contributed by atoms with Gasteiger partial charge in [-0.1, -0.05) is 72.3 Å². The Hall–Kier alpha value is -3.12. The van der Waals surface area contributed by atoms with Crippen LogP contribution in [-0.4, -0.2) is 40.2 Å².